The van der Waals surface area contributed by atoms with Crippen molar-refractivity contribution in [2.24, 2.45) is 4.99 Å². The first kappa shape index (κ1) is 22.1. The zero-order valence-electron chi connectivity index (χ0n) is 13.9. The molecule has 0 heterocycles. The number of nitrogens with one attached hydrogen (secondary N) is 3. The van der Waals surface area contributed by atoms with Crippen LogP contribution in [0, 0.1) is 0 Å². The van der Waals surface area contributed by atoms with Gasteiger partial charge >= 0.3 is 0 Å². The highest BCUT2D eigenvalue weighted by molar-refractivity contribution is 14.0. The molecule has 0 spiro atoms. The highest BCUT2D eigenvalue weighted by Crippen LogP contribution is 2.10. The molecule has 132 valence electrons. The third kappa shape index (κ3) is 9.11. The molecule has 0 aliphatic carbocycles. The summed E-state index contributed by atoms with van der Waals surface area (Å²) in [6, 6.07) is 10.2. The summed E-state index contributed by atoms with van der Waals surface area (Å²) in [5, 5.41) is 6.46. The Morgan fingerprint density at radius 3 is 2.43 bits per heavy atom. The summed E-state index contributed by atoms with van der Waals surface area (Å²) in [5.41, 5.74) is 1.17. The molecule has 0 amide bonds. The fourth-order valence-electron chi connectivity index (χ4n) is 1.82. The predicted molar refractivity (Wildman–Crippen MR) is 107 cm³/mol. The Labute approximate surface area is 156 Å². The van der Waals surface area contributed by atoms with Crippen LogP contribution in [0.15, 0.2) is 35.3 Å². The minimum Gasteiger partial charge on any atom is -0.357 e. The first-order valence-corrected chi connectivity index (χ1v) is 9.20. The maximum Gasteiger partial charge on any atom is 0.211 e. The summed E-state index contributed by atoms with van der Waals surface area (Å²) < 4.78 is 25.2. The second-order valence-electron chi connectivity index (χ2n) is 4.84. The molecule has 0 radical (unpaired) electrons. The first-order chi connectivity index (χ1) is 10.5. The van der Waals surface area contributed by atoms with Gasteiger partial charge in [-0.15, -0.1) is 24.0 Å². The first-order valence-electron chi connectivity index (χ1n) is 7.55. The van der Waals surface area contributed by atoms with Crippen molar-refractivity contribution in [3.63, 3.8) is 0 Å². The topological polar surface area (TPSA) is 82.6 Å². The minimum absolute atomic E-state index is 0. The Kier molecular flexibility index (Phi) is 11.2. The molecule has 0 fully saturated rings. The Morgan fingerprint density at radius 1 is 1.22 bits per heavy atom. The third-order valence-corrected chi connectivity index (χ3v) is 4.48. The maximum atomic E-state index is 11.3. The zero-order valence-corrected chi connectivity index (χ0v) is 17.0. The van der Waals surface area contributed by atoms with E-state index in [-0.39, 0.29) is 35.8 Å². The number of hydrogen-bond donors (Lipinski definition) is 3. The van der Waals surface area contributed by atoms with Crippen LogP contribution in [-0.2, 0) is 10.0 Å². The molecule has 0 aliphatic rings. The Balaban J connectivity index is 0.00000484. The van der Waals surface area contributed by atoms with Crippen molar-refractivity contribution in [1.29, 1.82) is 0 Å². The van der Waals surface area contributed by atoms with E-state index in [9.17, 15) is 8.42 Å². The Hall–Kier alpha value is -0.870. The summed E-state index contributed by atoms with van der Waals surface area (Å²) in [4.78, 5) is 4.38. The molecule has 1 rings (SSSR count). The van der Waals surface area contributed by atoms with Crippen molar-refractivity contribution in [3.05, 3.63) is 35.9 Å². The molecular weight excluding hydrogens is 427 g/mol. The number of aliphatic imine (C=N–C) groups is 1. The monoisotopic (exact) mass is 454 g/mol. The quantitative estimate of drug-likeness (QED) is 0.243. The second kappa shape index (κ2) is 11.6. The fraction of sp³-hybridized carbons (Fsp3) is 0.533. The molecule has 3 N–H and O–H groups in total. The summed E-state index contributed by atoms with van der Waals surface area (Å²) in [5.74, 6) is 0.759. The molecule has 1 unspecified atom stereocenters. The maximum absolute atomic E-state index is 11.3. The van der Waals surface area contributed by atoms with E-state index in [4.69, 9.17) is 0 Å². The van der Waals surface area contributed by atoms with Crippen LogP contribution in [0.1, 0.15) is 32.4 Å². The lowest BCUT2D eigenvalue weighted by Crippen LogP contribution is -2.39. The standard InChI is InChI=1S/C15H26N4O2S.HI/c1-4-16-15(17-11-12-18-22(20,21)5-2)19-13(3)14-9-7-6-8-10-14;/h6-10,13,18H,4-5,11-12H2,1-3H3,(H2,16,17,19);1H. The average Bonchev–Trinajstić information content (AvgIpc) is 2.52. The van der Waals surface area contributed by atoms with Crippen molar-refractivity contribution < 1.29 is 8.42 Å². The normalized spacial score (nSPS) is 13.1. The molecule has 23 heavy (non-hydrogen) atoms. The van der Waals surface area contributed by atoms with Crippen LogP contribution in [0.3, 0.4) is 0 Å². The molecule has 0 aromatic heterocycles. The molecule has 0 bridgehead atoms. The summed E-state index contributed by atoms with van der Waals surface area (Å²) in [6.07, 6.45) is 0. The lowest BCUT2D eigenvalue weighted by Gasteiger charge is -2.18. The number of guanidine groups is 1. The Bertz CT molecular complexity index is 564. The van der Waals surface area contributed by atoms with Crippen LogP contribution in [0.25, 0.3) is 0 Å². The lowest BCUT2D eigenvalue weighted by molar-refractivity contribution is 0.583. The Morgan fingerprint density at radius 2 is 1.87 bits per heavy atom. The largest absolute Gasteiger partial charge is 0.357 e. The van der Waals surface area contributed by atoms with E-state index in [0.29, 0.717) is 19.0 Å². The fourth-order valence-corrected chi connectivity index (χ4v) is 2.43. The van der Waals surface area contributed by atoms with E-state index >= 15 is 0 Å². The summed E-state index contributed by atoms with van der Waals surface area (Å²) in [7, 11) is -3.16. The van der Waals surface area contributed by atoms with Gasteiger partial charge in [-0.05, 0) is 26.3 Å². The van der Waals surface area contributed by atoms with E-state index in [1.807, 2.05) is 25.1 Å². The summed E-state index contributed by atoms with van der Waals surface area (Å²) in [6.45, 7) is 7.08. The van der Waals surface area contributed by atoms with Gasteiger partial charge in [0.05, 0.1) is 18.3 Å². The smallest absolute Gasteiger partial charge is 0.211 e. The van der Waals surface area contributed by atoms with Gasteiger partial charge in [-0.3, -0.25) is 4.99 Å². The van der Waals surface area contributed by atoms with Gasteiger partial charge in [-0.1, -0.05) is 30.3 Å². The van der Waals surface area contributed by atoms with Crippen LogP contribution < -0.4 is 15.4 Å². The second-order valence-corrected chi connectivity index (χ2v) is 6.93. The number of benzene rings is 1. The van der Waals surface area contributed by atoms with Crippen LogP contribution >= 0.6 is 24.0 Å². The van der Waals surface area contributed by atoms with Crippen LogP contribution in [-0.4, -0.2) is 39.8 Å². The lowest BCUT2D eigenvalue weighted by atomic mass is 10.1. The predicted octanol–water partition coefficient (Wildman–Crippen LogP) is 1.86. The molecule has 8 heteroatoms. The van der Waals surface area contributed by atoms with Crippen molar-refractivity contribution >= 4 is 40.0 Å². The van der Waals surface area contributed by atoms with E-state index in [1.54, 1.807) is 6.92 Å². The summed E-state index contributed by atoms with van der Waals surface area (Å²) >= 11 is 0. The van der Waals surface area contributed by atoms with E-state index in [2.05, 4.69) is 39.4 Å². The van der Waals surface area contributed by atoms with Gasteiger partial charge in [-0.25, -0.2) is 13.1 Å². The van der Waals surface area contributed by atoms with E-state index in [0.717, 1.165) is 6.54 Å². The van der Waals surface area contributed by atoms with Gasteiger partial charge in [0.1, 0.15) is 0 Å². The highest BCUT2D eigenvalue weighted by Gasteiger charge is 2.07. The van der Waals surface area contributed by atoms with Gasteiger partial charge < -0.3 is 10.6 Å². The third-order valence-electron chi connectivity index (χ3n) is 3.08. The average molecular weight is 454 g/mol. The number of hydrogen-bond acceptors (Lipinski definition) is 3. The van der Waals surface area contributed by atoms with Gasteiger partial charge in [0, 0.05) is 13.1 Å². The molecule has 6 nitrogen and oxygen atoms in total. The number of halogens is 1. The van der Waals surface area contributed by atoms with Crippen molar-refractivity contribution in [1.82, 2.24) is 15.4 Å². The number of rotatable bonds is 8. The van der Waals surface area contributed by atoms with Gasteiger partial charge in [0.15, 0.2) is 5.96 Å². The van der Waals surface area contributed by atoms with Crippen molar-refractivity contribution in [3.8, 4) is 0 Å². The van der Waals surface area contributed by atoms with Crippen LogP contribution in [0.5, 0.6) is 0 Å². The molecule has 0 saturated heterocycles. The van der Waals surface area contributed by atoms with Gasteiger partial charge in [0.25, 0.3) is 0 Å². The van der Waals surface area contributed by atoms with Gasteiger partial charge in [0.2, 0.25) is 10.0 Å². The van der Waals surface area contributed by atoms with E-state index in [1.165, 1.54) is 5.56 Å². The molecule has 0 aliphatic heterocycles. The molecule has 0 saturated carbocycles. The van der Waals surface area contributed by atoms with E-state index < -0.39 is 10.0 Å². The van der Waals surface area contributed by atoms with Crippen molar-refractivity contribution in [2.75, 3.05) is 25.4 Å². The SMILES string of the molecule is CCNC(=NCCNS(=O)(=O)CC)NC(C)c1ccccc1.I. The molecule has 1 aromatic carbocycles. The minimum atomic E-state index is -3.16. The molecule has 1 aromatic rings. The number of sulfonamides is 1. The molecular formula is C15H27IN4O2S. The highest BCUT2D eigenvalue weighted by atomic mass is 127. The molecule has 1 atom stereocenters. The van der Waals surface area contributed by atoms with Crippen LogP contribution in [0.2, 0.25) is 0 Å². The van der Waals surface area contributed by atoms with Crippen LogP contribution in [0.4, 0.5) is 0 Å². The van der Waals surface area contributed by atoms with Gasteiger partial charge in [-0.2, -0.15) is 0 Å². The zero-order chi connectivity index (χ0) is 16.4. The van der Waals surface area contributed by atoms with Crippen molar-refractivity contribution in [2.45, 2.75) is 26.8 Å². The number of nitrogens with zero attached hydrogens (tertiary/aromatic N) is 1.